The van der Waals surface area contributed by atoms with E-state index in [1.807, 2.05) is 0 Å². The fourth-order valence-corrected chi connectivity index (χ4v) is 3.49. The Morgan fingerprint density at radius 1 is 1.28 bits per heavy atom. The van der Waals surface area contributed by atoms with Crippen LogP contribution in [0.4, 0.5) is 14.9 Å². The molecule has 1 aromatic carbocycles. The molecule has 6 nitrogen and oxygen atoms in total. The molecule has 0 saturated carbocycles. The van der Waals surface area contributed by atoms with Gasteiger partial charge in [-0.05, 0) is 42.9 Å². The summed E-state index contributed by atoms with van der Waals surface area (Å²) in [5, 5.41) is 2.77. The van der Waals surface area contributed by atoms with Crippen molar-refractivity contribution in [3.63, 3.8) is 0 Å². The van der Waals surface area contributed by atoms with Crippen LogP contribution in [-0.2, 0) is 4.74 Å². The summed E-state index contributed by atoms with van der Waals surface area (Å²) in [6.07, 6.45) is 2.04. The van der Waals surface area contributed by atoms with Crippen LogP contribution in [0.2, 0.25) is 0 Å². The van der Waals surface area contributed by atoms with Gasteiger partial charge in [0.25, 0.3) is 5.91 Å². The molecule has 2 heterocycles. The number of hydrogen-bond donors (Lipinski definition) is 1. The minimum Gasteiger partial charge on any atom is -0.381 e. The maximum Gasteiger partial charge on any atom is 0.321 e. The van der Waals surface area contributed by atoms with Crippen LogP contribution >= 0.6 is 0 Å². The number of nitrogens with one attached hydrogen (secondary N) is 1. The van der Waals surface area contributed by atoms with Crippen molar-refractivity contribution in [3.8, 4) is 0 Å². The maximum absolute atomic E-state index is 13.9. The molecule has 1 aromatic rings. The molecule has 136 valence electrons. The minimum absolute atomic E-state index is 0.0507. The molecule has 2 fully saturated rings. The van der Waals surface area contributed by atoms with Gasteiger partial charge in [-0.15, -0.1) is 0 Å². The number of ether oxygens (including phenoxy) is 1. The zero-order valence-electron chi connectivity index (χ0n) is 14.6. The van der Waals surface area contributed by atoms with Crippen molar-refractivity contribution in [1.29, 1.82) is 0 Å². The number of carbonyl (C=O) groups excluding carboxylic acids is 2. The Labute approximate surface area is 146 Å². The minimum atomic E-state index is -0.598. The highest BCUT2D eigenvalue weighted by atomic mass is 19.1. The van der Waals surface area contributed by atoms with E-state index in [0.29, 0.717) is 30.6 Å². The van der Waals surface area contributed by atoms with Gasteiger partial charge in [0.1, 0.15) is 5.82 Å². The molecule has 2 saturated heterocycles. The molecule has 0 bridgehead atoms. The molecule has 7 heteroatoms. The van der Waals surface area contributed by atoms with Crippen LogP contribution in [0.25, 0.3) is 0 Å². The fourth-order valence-electron chi connectivity index (χ4n) is 3.49. The van der Waals surface area contributed by atoms with Gasteiger partial charge in [-0.25, -0.2) is 9.18 Å². The van der Waals surface area contributed by atoms with E-state index >= 15 is 0 Å². The van der Waals surface area contributed by atoms with Crippen LogP contribution in [0.5, 0.6) is 0 Å². The summed E-state index contributed by atoms with van der Waals surface area (Å²) in [6.45, 7) is 3.02. The summed E-state index contributed by atoms with van der Waals surface area (Å²) in [4.78, 5) is 27.6. The third-order valence-corrected chi connectivity index (χ3v) is 5.00. The SMILES string of the molecule is CN(C)C(=O)c1cc(NC(=O)N2CCC(C3CCOC3)C2)ccc1F. The number of rotatable bonds is 3. The van der Waals surface area contributed by atoms with Crippen LogP contribution in [-0.4, -0.2) is 62.1 Å². The van der Waals surface area contributed by atoms with Crippen molar-refractivity contribution in [2.75, 3.05) is 45.7 Å². The highest BCUT2D eigenvalue weighted by Gasteiger charge is 2.33. The highest BCUT2D eigenvalue weighted by Crippen LogP contribution is 2.30. The van der Waals surface area contributed by atoms with Gasteiger partial charge in [-0.3, -0.25) is 4.79 Å². The van der Waals surface area contributed by atoms with E-state index < -0.39 is 11.7 Å². The molecule has 0 radical (unpaired) electrons. The standard InChI is InChI=1S/C18H24FN3O3/c1-21(2)17(23)15-9-14(3-4-16(15)19)20-18(24)22-7-5-12(10-22)13-6-8-25-11-13/h3-4,9,12-13H,5-8,10-11H2,1-2H3,(H,20,24). The lowest BCUT2D eigenvalue weighted by molar-refractivity contribution is 0.0823. The first-order valence-electron chi connectivity index (χ1n) is 8.60. The van der Waals surface area contributed by atoms with Crippen molar-refractivity contribution in [2.45, 2.75) is 12.8 Å². The smallest absolute Gasteiger partial charge is 0.321 e. The summed E-state index contributed by atoms with van der Waals surface area (Å²) in [5.74, 6) is -0.0180. The van der Waals surface area contributed by atoms with Crippen LogP contribution in [0.3, 0.4) is 0 Å². The predicted octanol–water partition coefficient (Wildman–Crippen LogP) is 2.42. The lowest BCUT2D eigenvalue weighted by Gasteiger charge is -2.20. The zero-order chi connectivity index (χ0) is 18.0. The molecule has 25 heavy (non-hydrogen) atoms. The molecule has 3 rings (SSSR count). The van der Waals surface area contributed by atoms with E-state index in [-0.39, 0.29) is 11.6 Å². The lowest BCUT2D eigenvalue weighted by Crippen LogP contribution is -2.34. The normalized spacial score (nSPS) is 22.9. The number of urea groups is 1. The number of halogens is 1. The molecule has 2 unspecified atom stereocenters. The average molecular weight is 349 g/mol. The van der Waals surface area contributed by atoms with Crippen molar-refractivity contribution < 1.29 is 18.7 Å². The number of carbonyl (C=O) groups is 2. The first-order chi connectivity index (χ1) is 12.0. The number of likely N-dealkylation sites (tertiary alicyclic amines) is 1. The van der Waals surface area contributed by atoms with Gasteiger partial charge in [-0.1, -0.05) is 0 Å². The first-order valence-corrected chi connectivity index (χ1v) is 8.60. The Morgan fingerprint density at radius 2 is 2.08 bits per heavy atom. The summed E-state index contributed by atoms with van der Waals surface area (Å²) < 4.78 is 19.3. The van der Waals surface area contributed by atoms with Crippen molar-refractivity contribution in [1.82, 2.24) is 9.80 Å². The fraction of sp³-hybridized carbons (Fsp3) is 0.556. The van der Waals surface area contributed by atoms with Gasteiger partial charge >= 0.3 is 6.03 Å². The van der Waals surface area contributed by atoms with Gasteiger partial charge in [0, 0.05) is 46.1 Å². The third-order valence-electron chi connectivity index (χ3n) is 5.00. The monoisotopic (exact) mass is 349 g/mol. The van der Waals surface area contributed by atoms with Gasteiger partial charge in [0.15, 0.2) is 0 Å². The zero-order valence-corrected chi connectivity index (χ0v) is 14.6. The summed E-state index contributed by atoms with van der Waals surface area (Å²) in [7, 11) is 3.12. The second kappa shape index (κ2) is 7.39. The maximum atomic E-state index is 13.9. The summed E-state index contributed by atoms with van der Waals surface area (Å²) >= 11 is 0. The molecular weight excluding hydrogens is 325 g/mol. The van der Waals surface area contributed by atoms with Crippen molar-refractivity contribution >= 4 is 17.6 Å². The van der Waals surface area contributed by atoms with Crippen LogP contribution in [0, 0.1) is 17.7 Å². The Kier molecular flexibility index (Phi) is 5.22. The average Bonchev–Trinajstić information content (AvgIpc) is 3.26. The molecule has 2 atom stereocenters. The van der Waals surface area contributed by atoms with E-state index in [1.165, 1.54) is 23.1 Å². The molecule has 2 aliphatic heterocycles. The molecule has 0 aromatic heterocycles. The van der Waals surface area contributed by atoms with Crippen LogP contribution < -0.4 is 5.32 Å². The second-order valence-corrected chi connectivity index (χ2v) is 6.94. The molecule has 0 spiro atoms. The van der Waals surface area contributed by atoms with Crippen molar-refractivity contribution in [3.05, 3.63) is 29.6 Å². The van der Waals surface area contributed by atoms with Crippen LogP contribution in [0.1, 0.15) is 23.2 Å². The third kappa shape index (κ3) is 3.92. The molecule has 0 aliphatic carbocycles. The van der Waals surface area contributed by atoms with Gasteiger partial charge in [0.05, 0.1) is 5.56 Å². The lowest BCUT2D eigenvalue weighted by atomic mass is 9.91. The molecular formula is C18H24FN3O3. The number of hydrogen-bond acceptors (Lipinski definition) is 3. The Balaban J connectivity index is 1.63. The van der Waals surface area contributed by atoms with Gasteiger partial charge < -0.3 is 19.9 Å². The molecule has 3 amide bonds. The first kappa shape index (κ1) is 17.7. The highest BCUT2D eigenvalue weighted by molar-refractivity contribution is 5.97. The van der Waals surface area contributed by atoms with E-state index in [0.717, 1.165) is 26.1 Å². The number of nitrogens with zero attached hydrogens (tertiary/aromatic N) is 2. The Hall–Kier alpha value is -2.15. The summed E-state index contributed by atoms with van der Waals surface area (Å²) in [6, 6.07) is 3.84. The van der Waals surface area contributed by atoms with Gasteiger partial charge in [0.2, 0.25) is 0 Å². The quantitative estimate of drug-likeness (QED) is 0.912. The van der Waals surface area contributed by atoms with E-state index in [4.69, 9.17) is 4.74 Å². The van der Waals surface area contributed by atoms with E-state index in [1.54, 1.807) is 19.0 Å². The second-order valence-electron chi connectivity index (χ2n) is 6.94. The Bertz CT molecular complexity index is 659. The summed E-state index contributed by atoms with van der Waals surface area (Å²) in [5.41, 5.74) is 0.370. The number of benzene rings is 1. The Morgan fingerprint density at radius 3 is 2.76 bits per heavy atom. The predicted molar refractivity (Wildman–Crippen MR) is 92.0 cm³/mol. The molecule has 1 N–H and O–H groups in total. The molecule has 2 aliphatic rings. The van der Waals surface area contributed by atoms with Gasteiger partial charge in [-0.2, -0.15) is 0 Å². The van der Waals surface area contributed by atoms with Crippen molar-refractivity contribution in [2.24, 2.45) is 11.8 Å². The number of amides is 3. The number of anilines is 1. The van der Waals surface area contributed by atoms with E-state index in [2.05, 4.69) is 5.32 Å². The largest absolute Gasteiger partial charge is 0.381 e. The van der Waals surface area contributed by atoms with E-state index in [9.17, 15) is 14.0 Å². The van der Waals surface area contributed by atoms with Crippen LogP contribution in [0.15, 0.2) is 18.2 Å². The topological polar surface area (TPSA) is 61.9 Å².